The third kappa shape index (κ3) is 1.59. The fourth-order valence-corrected chi connectivity index (χ4v) is 3.03. The Labute approximate surface area is 120 Å². The summed E-state index contributed by atoms with van der Waals surface area (Å²) >= 11 is 0. The zero-order valence-electron chi connectivity index (χ0n) is 11.3. The maximum atomic E-state index is 12.1. The minimum atomic E-state index is -0.369. The summed E-state index contributed by atoms with van der Waals surface area (Å²) < 4.78 is 5.14. The third-order valence-corrected chi connectivity index (χ3v) is 3.98. The van der Waals surface area contributed by atoms with Gasteiger partial charge in [0.25, 0.3) is 0 Å². The van der Waals surface area contributed by atoms with Crippen LogP contribution < -0.4 is 5.32 Å². The van der Waals surface area contributed by atoms with Gasteiger partial charge in [-0.2, -0.15) is 5.10 Å². The number of aromatic nitrogens is 2. The fourth-order valence-electron chi connectivity index (χ4n) is 3.03. The van der Waals surface area contributed by atoms with Gasteiger partial charge in [-0.1, -0.05) is 18.2 Å². The first kappa shape index (κ1) is 12.0. The molecule has 4 rings (SSSR count). The summed E-state index contributed by atoms with van der Waals surface area (Å²) in [4.78, 5) is 12.1. The topological polar surface area (TPSA) is 87.2 Å². The van der Waals surface area contributed by atoms with E-state index in [2.05, 4.69) is 15.5 Å². The number of benzene rings is 1. The summed E-state index contributed by atoms with van der Waals surface area (Å²) in [7, 11) is 0. The summed E-state index contributed by atoms with van der Waals surface area (Å²) in [5, 5.41) is 20.5. The van der Waals surface area contributed by atoms with Crippen molar-refractivity contribution in [1.29, 1.82) is 0 Å². The summed E-state index contributed by atoms with van der Waals surface area (Å²) in [6.45, 7) is 2.11. The fraction of sp³-hybridized carbons (Fsp3) is 0.200. The minimum absolute atomic E-state index is 0.155. The highest BCUT2D eigenvalue weighted by Crippen LogP contribution is 2.46. The van der Waals surface area contributed by atoms with E-state index in [0.29, 0.717) is 22.7 Å². The molecule has 0 amide bonds. The number of hydrogen-bond donors (Lipinski definition) is 3. The normalized spacial score (nSPS) is 19.9. The molecule has 0 saturated carbocycles. The molecule has 0 unspecified atom stereocenters. The van der Waals surface area contributed by atoms with Gasteiger partial charge in [0.15, 0.2) is 5.82 Å². The van der Waals surface area contributed by atoms with Crippen molar-refractivity contribution in [3.8, 4) is 5.75 Å². The van der Waals surface area contributed by atoms with E-state index in [1.165, 1.54) is 0 Å². The van der Waals surface area contributed by atoms with Crippen LogP contribution in [0.25, 0.3) is 0 Å². The maximum Gasteiger partial charge on any atom is 0.337 e. The first-order chi connectivity index (χ1) is 10.2. The molecule has 0 bridgehead atoms. The van der Waals surface area contributed by atoms with Gasteiger partial charge in [-0.05, 0) is 13.0 Å². The Balaban J connectivity index is 1.99. The number of nitrogens with one attached hydrogen (secondary N) is 2. The lowest BCUT2D eigenvalue weighted by molar-refractivity contribution is -0.136. The van der Waals surface area contributed by atoms with E-state index in [0.717, 1.165) is 11.3 Å². The molecule has 2 aliphatic heterocycles. The molecule has 3 N–H and O–H groups in total. The molecule has 21 heavy (non-hydrogen) atoms. The Morgan fingerprint density at radius 2 is 2.19 bits per heavy atom. The number of H-pyrrole nitrogens is 1. The van der Waals surface area contributed by atoms with Crippen molar-refractivity contribution in [3.05, 3.63) is 52.4 Å². The molecule has 2 aliphatic rings. The van der Waals surface area contributed by atoms with E-state index < -0.39 is 0 Å². The largest absolute Gasteiger partial charge is 0.508 e. The second-order valence-corrected chi connectivity index (χ2v) is 5.20. The molecule has 2 aromatic rings. The molecule has 6 nitrogen and oxygen atoms in total. The number of phenolic OH excluding ortho intramolecular Hbond substituents is 1. The molecule has 0 radical (unpaired) electrons. The van der Waals surface area contributed by atoms with E-state index in [1.807, 2.05) is 19.1 Å². The van der Waals surface area contributed by atoms with E-state index in [-0.39, 0.29) is 24.2 Å². The number of esters is 1. The Kier molecular flexibility index (Phi) is 2.35. The molecule has 0 saturated heterocycles. The molecular weight excluding hydrogens is 270 g/mol. The number of ether oxygens (including phenoxy) is 1. The van der Waals surface area contributed by atoms with Gasteiger partial charge in [0.2, 0.25) is 0 Å². The van der Waals surface area contributed by atoms with Crippen LogP contribution in [0.2, 0.25) is 0 Å². The highest BCUT2D eigenvalue weighted by Gasteiger charge is 2.41. The predicted molar refractivity (Wildman–Crippen MR) is 74.9 cm³/mol. The number of para-hydroxylation sites is 1. The number of aromatic amines is 1. The molecule has 3 heterocycles. The lowest BCUT2D eigenvalue weighted by Gasteiger charge is -2.24. The van der Waals surface area contributed by atoms with Crippen molar-refractivity contribution >= 4 is 11.8 Å². The number of carbonyl (C=O) groups is 1. The second kappa shape index (κ2) is 4.12. The molecule has 0 aliphatic carbocycles. The van der Waals surface area contributed by atoms with Crippen LogP contribution in [-0.2, 0) is 9.53 Å². The number of anilines is 1. The Hall–Kier alpha value is -2.76. The average molecular weight is 283 g/mol. The monoisotopic (exact) mass is 283 g/mol. The third-order valence-electron chi connectivity index (χ3n) is 3.98. The van der Waals surface area contributed by atoms with Crippen molar-refractivity contribution < 1.29 is 14.6 Å². The summed E-state index contributed by atoms with van der Waals surface area (Å²) in [6.07, 6.45) is 0. The summed E-state index contributed by atoms with van der Waals surface area (Å²) in [5.74, 6) is 0.114. The van der Waals surface area contributed by atoms with Gasteiger partial charge in [0.1, 0.15) is 12.4 Å². The molecule has 1 aromatic heterocycles. The number of aromatic hydroxyl groups is 1. The predicted octanol–water partition coefficient (Wildman–Crippen LogP) is 1.79. The number of phenols is 1. The van der Waals surface area contributed by atoms with Crippen molar-refractivity contribution in [3.63, 3.8) is 0 Å². The van der Waals surface area contributed by atoms with Crippen LogP contribution in [0.3, 0.4) is 0 Å². The first-order valence-electron chi connectivity index (χ1n) is 6.66. The zero-order valence-corrected chi connectivity index (χ0v) is 11.3. The average Bonchev–Trinajstić information content (AvgIpc) is 3.03. The number of rotatable bonds is 1. The van der Waals surface area contributed by atoms with Crippen LogP contribution in [0, 0.1) is 6.92 Å². The van der Waals surface area contributed by atoms with Crippen molar-refractivity contribution in [2.45, 2.75) is 12.8 Å². The number of hydrogen-bond acceptors (Lipinski definition) is 5. The standard InChI is InChI=1S/C15H13N3O3/c1-7-11-12(8-4-2-3-5-10(8)19)13-9(6-21-15(13)20)16-14(11)18-17-7/h2-5,12,19H,6H2,1H3,(H2,16,17,18)/t12-/m1/s1. The lowest BCUT2D eigenvalue weighted by Crippen LogP contribution is -2.19. The highest BCUT2D eigenvalue weighted by molar-refractivity contribution is 5.97. The van der Waals surface area contributed by atoms with Gasteiger partial charge in [0, 0.05) is 16.8 Å². The van der Waals surface area contributed by atoms with E-state index in [4.69, 9.17) is 4.74 Å². The highest BCUT2D eigenvalue weighted by atomic mass is 16.5. The zero-order chi connectivity index (χ0) is 14.6. The molecule has 0 spiro atoms. The van der Waals surface area contributed by atoms with Gasteiger partial charge >= 0.3 is 5.97 Å². The number of aryl methyl sites for hydroxylation is 1. The number of cyclic esters (lactones) is 1. The SMILES string of the molecule is Cc1[nH]nc2c1[C@@H](c1ccccc1O)C1=C(COC1=O)N2. The minimum Gasteiger partial charge on any atom is -0.508 e. The van der Waals surface area contributed by atoms with Crippen LogP contribution in [0.5, 0.6) is 5.75 Å². The Morgan fingerprint density at radius 3 is 3.00 bits per heavy atom. The molecule has 6 heteroatoms. The first-order valence-corrected chi connectivity index (χ1v) is 6.66. The Morgan fingerprint density at radius 1 is 1.38 bits per heavy atom. The number of nitrogens with zero attached hydrogens (tertiary/aromatic N) is 1. The Bertz CT molecular complexity index is 791. The van der Waals surface area contributed by atoms with Crippen molar-refractivity contribution in [2.75, 3.05) is 11.9 Å². The lowest BCUT2D eigenvalue weighted by atomic mass is 9.81. The van der Waals surface area contributed by atoms with Gasteiger partial charge in [-0.3, -0.25) is 5.10 Å². The van der Waals surface area contributed by atoms with Crippen molar-refractivity contribution in [2.24, 2.45) is 0 Å². The van der Waals surface area contributed by atoms with Crippen LogP contribution in [0.1, 0.15) is 22.7 Å². The van der Waals surface area contributed by atoms with Gasteiger partial charge < -0.3 is 15.2 Å². The van der Waals surface area contributed by atoms with E-state index in [9.17, 15) is 9.90 Å². The van der Waals surface area contributed by atoms with Gasteiger partial charge in [-0.15, -0.1) is 0 Å². The number of fused-ring (bicyclic) bond motifs is 1. The number of carbonyl (C=O) groups excluding carboxylic acids is 1. The smallest absolute Gasteiger partial charge is 0.337 e. The quantitative estimate of drug-likeness (QED) is 0.695. The van der Waals surface area contributed by atoms with Crippen LogP contribution in [0.15, 0.2) is 35.5 Å². The van der Waals surface area contributed by atoms with E-state index in [1.54, 1.807) is 12.1 Å². The van der Waals surface area contributed by atoms with Crippen molar-refractivity contribution in [1.82, 2.24) is 10.2 Å². The summed E-state index contributed by atoms with van der Waals surface area (Å²) in [5.41, 5.74) is 3.67. The molecule has 1 aromatic carbocycles. The molecular formula is C15H13N3O3. The van der Waals surface area contributed by atoms with Gasteiger partial charge in [0.05, 0.1) is 17.2 Å². The summed E-state index contributed by atoms with van der Waals surface area (Å²) in [6, 6.07) is 7.03. The van der Waals surface area contributed by atoms with Crippen LogP contribution >= 0.6 is 0 Å². The molecule has 106 valence electrons. The van der Waals surface area contributed by atoms with E-state index >= 15 is 0 Å². The van der Waals surface area contributed by atoms with Crippen LogP contribution in [0.4, 0.5) is 5.82 Å². The molecule has 0 fully saturated rings. The maximum absolute atomic E-state index is 12.1. The second-order valence-electron chi connectivity index (χ2n) is 5.20. The molecule has 1 atom stereocenters. The van der Waals surface area contributed by atoms with Gasteiger partial charge in [-0.25, -0.2) is 4.79 Å². The van der Waals surface area contributed by atoms with Crippen LogP contribution in [-0.4, -0.2) is 27.9 Å².